The first-order valence-corrected chi connectivity index (χ1v) is 7.76. The van der Waals surface area contributed by atoms with Crippen molar-refractivity contribution in [3.8, 4) is 11.5 Å². The second-order valence-electron chi connectivity index (χ2n) is 4.66. The number of rotatable bonds is 0. The van der Waals surface area contributed by atoms with Crippen LogP contribution < -0.4 is 47.4 Å². The molecular formula is C18H12Cl3MoN2O3-5. The third-order valence-electron chi connectivity index (χ3n) is 3.19. The Morgan fingerprint density at radius 3 is 1.26 bits per heavy atom. The van der Waals surface area contributed by atoms with Crippen LogP contribution >= 0.6 is 0 Å². The molecular weight excluding hydrogens is 495 g/mol. The third-order valence-corrected chi connectivity index (χ3v) is 3.19. The first kappa shape index (κ1) is 27.4. The number of para-hydroxylation sites is 2. The number of hydrogen-bond acceptors (Lipinski definition) is 5. The van der Waals surface area contributed by atoms with E-state index in [-0.39, 0.29) is 48.7 Å². The molecule has 0 saturated heterocycles. The summed E-state index contributed by atoms with van der Waals surface area (Å²) in [6.07, 6.45) is 3.26. The summed E-state index contributed by atoms with van der Waals surface area (Å²) in [6.45, 7) is 0. The molecule has 0 unspecified atom stereocenters. The summed E-state index contributed by atoms with van der Waals surface area (Å²) in [5.41, 5.74) is 1.10. The molecule has 9 heteroatoms. The minimum atomic E-state index is -0.0110. The van der Waals surface area contributed by atoms with Gasteiger partial charge in [-0.3, -0.25) is 9.97 Å². The van der Waals surface area contributed by atoms with Gasteiger partial charge in [0.25, 0.3) is 0 Å². The molecule has 0 bridgehead atoms. The molecule has 27 heavy (non-hydrogen) atoms. The van der Waals surface area contributed by atoms with Crippen LogP contribution in [0.25, 0.3) is 21.8 Å². The van der Waals surface area contributed by atoms with E-state index in [1.807, 2.05) is 36.4 Å². The van der Waals surface area contributed by atoms with E-state index >= 15 is 0 Å². The van der Waals surface area contributed by atoms with Crippen LogP contribution in [-0.2, 0) is 23.2 Å². The van der Waals surface area contributed by atoms with Crippen molar-refractivity contribution in [2.24, 2.45) is 0 Å². The average molecular weight is 507 g/mol. The third kappa shape index (κ3) is 7.39. The zero-order valence-corrected chi connectivity index (χ0v) is 17.9. The molecule has 2 aromatic heterocycles. The molecule has 2 aromatic carbocycles. The molecule has 4 aromatic rings. The molecule has 0 aliphatic rings. The maximum atomic E-state index is 11.1. The summed E-state index contributed by atoms with van der Waals surface area (Å²) in [5.74, 6) is -0.0220. The van der Waals surface area contributed by atoms with Gasteiger partial charge in [-0.1, -0.05) is 60.0 Å². The van der Waals surface area contributed by atoms with E-state index in [2.05, 4.69) is 9.97 Å². The van der Waals surface area contributed by atoms with Crippen molar-refractivity contribution in [3.63, 3.8) is 0 Å². The summed E-state index contributed by atoms with van der Waals surface area (Å²) in [4.78, 5) is 7.94. The number of fused-ring (bicyclic) bond motifs is 2. The Balaban J connectivity index is 0. The molecule has 0 aliphatic carbocycles. The minimum absolute atomic E-state index is 0. The Bertz CT molecular complexity index is 873. The van der Waals surface area contributed by atoms with E-state index < -0.39 is 0 Å². The van der Waals surface area contributed by atoms with Crippen LogP contribution in [0.4, 0.5) is 0 Å². The number of pyridine rings is 2. The van der Waals surface area contributed by atoms with Gasteiger partial charge in [-0.05, 0) is 22.9 Å². The molecule has 4 rings (SSSR count). The second-order valence-corrected chi connectivity index (χ2v) is 4.66. The Hall–Kier alpha value is -1.78. The standard InChI is InChI=1S/2C9H7NO.3ClH.Mo.O/c2*11-8-5-1-3-7-4-2-6-10-9(7)8;;;;;/h2*1-6,11H;3*1H;;/p-5. The van der Waals surface area contributed by atoms with Crippen molar-refractivity contribution in [1.82, 2.24) is 9.97 Å². The first-order valence-electron chi connectivity index (χ1n) is 6.94. The number of halogens is 3. The van der Waals surface area contributed by atoms with Crippen LogP contribution in [0.5, 0.6) is 11.5 Å². The topological polar surface area (TPSA) is 89.0 Å². The molecule has 0 fully saturated rings. The van der Waals surface area contributed by atoms with Gasteiger partial charge in [0.05, 0.1) is 11.0 Å². The number of benzene rings is 2. The van der Waals surface area contributed by atoms with Crippen LogP contribution in [0.1, 0.15) is 0 Å². The van der Waals surface area contributed by atoms with Gasteiger partial charge in [0.15, 0.2) is 0 Å². The maximum absolute atomic E-state index is 11.1. The fourth-order valence-electron chi connectivity index (χ4n) is 2.15. The number of hydrogen-bond donors (Lipinski definition) is 0. The summed E-state index contributed by atoms with van der Waals surface area (Å²) in [7, 11) is 0. The summed E-state index contributed by atoms with van der Waals surface area (Å²) in [6, 6.07) is 17.7. The van der Waals surface area contributed by atoms with Crippen LogP contribution in [0.3, 0.4) is 0 Å². The van der Waals surface area contributed by atoms with E-state index in [0.717, 1.165) is 10.8 Å². The molecule has 0 amide bonds. The van der Waals surface area contributed by atoms with Gasteiger partial charge in [0, 0.05) is 12.4 Å². The van der Waals surface area contributed by atoms with Crippen LogP contribution in [0.15, 0.2) is 73.1 Å². The fraction of sp³-hybridized carbons (Fsp3) is 0. The Labute approximate surface area is 186 Å². The van der Waals surface area contributed by atoms with Gasteiger partial charge in [-0.25, -0.2) is 0 Å². The van der Waals surface area contributed by atoms with Crippen molar-refractivity contribution in [2.45, 2.75) is 0 Å². The Morgan fingerprint density at radius 1 is 0.593 bits per heavy atom. The SMILES string of the molecule is [Cl-].[Cl-].[Cl-].[O-]c1cccc2cccnc12.[O-]c1cccc2cccnc12.[O]=[Mo]. The van der Waals surface area contributed by atoms with Crippen molar-refractivity contribution in [1.29, 1.82) is 0 Å². The van der Waals surface area contributed by atoms with E-state index in [9.17, 15) is 10.2 Å². The summed E-state index contributed by atoms with van der Waals surface area (Å²) < 4.78 is 8.26. The molecule has 0 aliphatic heterocycles. The van der Waals surface area contributed by atoms with Crippen LogP contribution in [0.2, 0.25) is 0 Å². The molecule has 0 N–H and O–H groups in total. The Morgan fingerprint density at radius 2 is 0.926 bits per heavy atom. The van der Waals surface area contributed by atoms with Gasteiger partial charge in [0.2, 0.25) is 0 Å². The second kappa shape index (κ2) is 14.3. The predicted molar refractivity (Wildman–Crippen MR) is 83.1 cm³/mol. The van der Waals surface area contributed by atoms with Crippen molar-refractivity contribution < 1.29 is 70.6 Å². The zero-order valence-electron chi connectivity index (χ0n) is 13.6. The number of nitrogens with zero attached hydrogens (tertiary/aromatic N) is 2. The van der Waals surface area contributed by atoms with Gasteiger partial charge in [-0.2, -0.15) is 0 Å². The molecule has 0 spiro atoms. The molecule has 5 nitrogen and oxygen atoms in total. The fourth-order valence-corrected chi connectivity index (χ4v) is 2.15. The summed E-state index contributed by atoms with van der Waals surface area (Å²) >= 11 is 0.700. The monoisotopic (exact) mass is 507 g/mol. The van der Waals surface area contributed by atoms with Crippen molar-refractivity contribution in [3.05, 3.63) is 73.1 Å². The van der Waals surface area contributed by atoms with Gasteiger partial charge >= 0.3 is 23.2 Å². The van der Waals surface area contributed by atoms with E-state index in [1.165, 1.54) is 12.1 Å². The zero-order chi connectivity index (χ0) is 17.4. The van der Waals surface area contributed by atoms with Crippen LogP contribution in [-0.4, -0.2) is 9.97 Å². The quantitative estimate of drug-likeness (QED) is 0.222. The van der Waals surface area contributed by atoms with Crippen LogP contribution in [0, 0.1) is 0 Å². The normalized spacial score (nSPS) is 8.44. The van der Waals surface area contributed by atoms with E-state index in [1.54, 1.807) is 24.5 Å². The molecule has 0 radical (unpaired) electrons. The molecule has 0 atom stereocenters. The summed E-state index contributed by atoms with van der Waals surface area (Å²) in [5, 5.41) is 24.0. The van der Waals surface area contributed by atoms with Gasteiger partial charge < -0.3 is 47.4 Å². The predicted octanol–water partition coefficient (Wildman–Crippen LogP) is -6.49. The average Bonchev–Trinajstić information content (AvgIpc) is 2.65. The van der Waals surface area contributed by atoms with Crippen molar-refractivity contribution in [2.75, 3.05) is 0 Å². The van der Waals surface area contributed by atoms with E-state index in [4.69, 9.17) is 3.40 Å². The Kier molecular flexibility index (Phi) is 14.5. The number of aromatic nitrogens is 2. The van der Waals surface area contributed by atoms with Gasteiger partial charge in [0.1, 0.15) is 0 Å². The molecule has 0 saturated carbocycles. The van der Waals surface area contributed by atoms with E-state index in [0.29, 0.717) is 30.8 Å². The van der Waals surface area contributed by atoms with Gasteiger partial charge in [-0.15, -0.1) is 0 Å². The molecule has 2 heterocycles. The molecule has 144 valence electrons. The first-order chi connectivity index (χ1) is 11.8. The van der Waals surface area contributed by atoms with Crippen molar-refractivity contribution >= 4 is 21.8 Å².